The Morgan fingerprint density at radius 2 is 1.81 bits per heavy atom. The summed E-state index contributed by atoms with van der Waals surface area (Å²) in [5, 5.41) is 10.3. The van der Waals surface area contributed by atoms with Crippen LogP contribution in [0.3, 0.4) is 0 Å². The molecule has 4 rings (SSSR count). The number of allylic oxidation sites excluding steroid dienone is 1. The summed E-state index contributed by atoms with van der Waals surface area (Å²) in [7, 11) is 0. The van der Waals surface area contributed by atoms with Crippen molar-refractivity contribution in [1.82, 2.24) is 19.7 Å². The average Bonchev–Trinajstić information content (AvgIpc) is 3.15. The van der Waals surface area contributed by atoms with E-state index in [1.54, 1.807) is 41.8 Å². The van der Waals surface area contributed by atoms with Crippen LogP contribution in [0.4, 0.5) is 0 Å². The first kappa shape index (κ1) is 20.8. The summed E-state index contributed by atoms with van der Waals surface area (Å²) in [6.07, 6.45) is 1.66. The Balaban J connectivity index is 1.63. The summed E-state index contributed by atoms with van der Waals surface area (Å²) in [5.41, 5.74) is 0.971. The second-order valence-corrected chi connectivity index (χ2v) is 7.74. The Kier molecular flexibility index (Phi) is 5.85. The van der Waals surface area contributed by atoms with Gasteiger partial charge in [-0.3, -0.25) is 19.3 Å². The first-order valence-corrected chi connectivity index (χ1v) is 10.7. The second-order valence-electron chi connectivity index (χ2n) is 6.80. The third kappa shape index (κ3) is 3.84. The Bertz CT molecular complexity index is 1150. The van der Waals surface area contributed by atoms with Crippen LogP contribution in [-0.2, 0) is 22.6 Å². The number of carbonyl (C=O) groups is 3. The Labute approximate surface area is 182 Å². The highest BCUT2D eigenvalue weighted by Gasteiger charge is 2.34. The van der Waals surface area contributed by atoms with E-state index in [0.29, 0.717) is 40.6 Å². The zero-order valence-corrected chi connectivity index (χ0v) is 17.7. The summed E-state index contributed by atoms with van der Waals surface area (Å²) in [5.74, 6) is -0.584. The number of aromatic nitrogens is 3. The zero-order valence-electron chi connectivity index (χ0n) is 16.9. The summed E-state index contributed by atoms with van der Waals surface area (Å²) < 4.78 is 6.68. The van der Waals surface area contributed by atoms with E-state index in [9.17, 15) is 14.4 Å². The van der Waals surface area contributed by atoms with Gasteiger partial charge >= 0.3 is 5.97 Å². The van der Waals surface area contributed by atoms with E-state index in [1.807, 2.05) is 12.1 Å². The molecule has 0 fully saturated rings. The molecule has 2 heterocycles. The Morgan fingerprint density at radius 3 is 2.42 bits per heavy atom. The van der Waals surface area contributed by atoms with Crippen molar-refractivity contribution in [3.63, 3.8) is 0 Å². The van der Waals surface area contributed by atoms with Gasteiger partial charge in [0.25, 0.3) is 11.8 Å². The minimum absolute atomic E-state index is 0.0385. The number of hydrogen-bond donors (Lipinski definition) is 0. The minimum atomic E-state index is -0.372. The van der Waals surface area contributed by atoms with Crippen LogP contribution in [0, 0.1) is 0 Å². The van der Waals surface area contributed by atoms with Crippen molar-refractivity contribution in [2.45, 2.75) is 25.2 Å². The lowest BCUT2D eigenvalue weighted by molar-refractivity contribution is -0.139. The fourth-order valence-electron chi connectivity index (χ4n) is 3.55. The lowest BCUT2D eigenvalue weighted by Crippen LogP contribution is -2.40. The molecule has 2 aromatic carbocycles. The van der Waals surface area contributed by atoms with Crippen LogP contribution >= 0.6 is 11.8 Å². The number of amides is 2. The summed E-state index contributed by atoms with van der Waals surface area (Å²) >= 11 is 1.18. The predicted octanol–water partition coefficient (Wildman–Crippen LogP) is 3.07. The first-order valence-electron chi connectivity index (χ1n) is 9.74. The van der Waals surface area contributed by atoms with Crippen molar-refractivity contribution in [3.8, 4) is 0 Å². The molecule has 31 heavy (non-hydrogen) atoms. The lowest BCUT2D eigenvalue weighted by Gasteiger charge is -2.26. The third-order valence-corrected chi connectivity index (χ3v) is 5.83. The molecule has 158 valence electrons. The summed E-state index contributed by atoms with van der Waals surface area (Å²) in [6.45, 7) is 6.13. The number of rotatable bonds is 8. The topological polar surface area (TPSA) is 94.4 Å². The second kappa shape index (κ2) is 8.73. The zero-order chi connectivity index (χ0) is 22.0. The molecular formula is C22H20N4O4S. The quantitative estimate of drug-likeness (QED) is 0.232. The minimum Gasteiger partial charge on any atom is -0.465 e. The molecule has 8 nitrogen and oxygen atoms in total. The number of ether oxygens (including phenoxy) is 1. The number of benzene rings is 2. The highest BCUT2D eigenvalue weighted by Crippen LogP contribution is 2.31. The van der Waals surface area contributed by atoms with Crippen LogP contribution in [0.5, 0.6) is 0 Å². The van der Waals surface area contributed by atoms with Gasteiger partial charge in [-0.25, -0.2) is 0 Å². The largest absolute Gasteiger partial charge is 0.465 e. The normalized spacial score (nSPS) is 13.0. The van der Waals surface area contributed by atoms with Gasteiger partial charge in [0.05, 0.1) is 18.9 Å². The number of thioether (sulfide) groups is 1. The highest BCUT2D eigenvalue weighted by atomic mass is 32.2. The molecule has 0 aliphatic carbocycles. The molecule has 0 saturated carbocycles. The van der Waals surface area contributed by atoms with Gasteiger partial charge in [-0.2, -0.15) is 0 Å². The molecule has 0 atom stereocenters. The molecule has 0 spiro atoms. The number of carbonyl (C=O) groups excluding carboxylic acids is 3. The average molecular weight is 436 g/mol. The van der Waals surface area contributed by atoms with Crippen LogP contribution in [0.1, 0.15) is 33.5 Å². The SMILES string of the molecule is C=CCn1c(CN2C(=O)c3cccc4cccc(c34)C2=O)nnc1SCC(=O)OCC. The van der Waals surface area contributed by atoms with Crippen LogP contribution in [0.25, 0.3) is 10.8 Å². The first-order chi connectivity index (χ1) is 15.0. The van der Waals surface area contributed by atoms with Gasteiger partial charge in [0, 0.05) is 23.1 Å². The molecule has 0 unspecified atom stereocenters. The molecule has 9 heteroatoms. The molecule has 0 radical (unpaired) electrons. The van der Waals surface area contributed by atoms with Crippen LogP contribution < -0.4 is 0 Å². The van der Waals surface area contributed by atoms with E-state index >= 15 is 0 Å². The van der Waals surface area contributed by atoms with Crippen LogP contribution in [-0.4, -0.2) is 49.8 Å². The maximum Gasteiger partial charge on any atom is 0.316 e. The monoisotopic (exact) mass is 436 g/mol. The van der Waals surface area contributed by atoms with Crippen molar-refractivity contribution in [3.05, 3.63) is 66.0 Å². The fraction of sp³-hybridized carbons (Fsp3) is 0.227. The van der Waals surface area contributed by atoms with Crippen molar-refractivity contribution in [2.24, 2.45) is 0 Å². The van der Waals surface area contributed by atoms with Crippen molar-refractivity contribution in [1.29, 1.82) is 0 Å². The molecule has 0 N–H and O–H groups in total. The van der Waals surface area contributed by atoms with Gasteiger partial charge in [-0.1, -0.05) is 42.1 Å². The number of esters is 1. The van der Waals surface area contributed by atoms with E-state index in [4.69, 9.17) is 4.74 Å². The smallest absolute Gasteiger partial charge is 0.316 e. The molecular weight excluding hydrogens is 416 g/mol. The number of imide groups is 1. The van der Waals surface area contributed by atoms with E-state index in [0.717, 1.165) is 5.39 Å². The van der Waals surface area contributed by atoms with Crippen molar-refractivity contribution in [2.75, 3.05) is 12.4 Å². The van der Waals surface area contributed by atoms with Gasteiger partial charge < -0.3 is 9.30 Å². The number of nitrogens with zero attached hydrogens (tertiary/aromatic N) is 4. The standard InChI is InChI=1S/C22H20N4O4S/c1-3-11-25-17(23-24-22(25)31-13-18(27)30-4-2)12-26-20(28)15-9-5-7-14-8-6-10-16(19(14)15)21(26)29/h3,5-10H,1,4,11-13H2,2H3. The van der Waals surface area contributed by atoms with E-state index in [-0.39, 0.29) is 30.1 Å². The predicted molar refractivity (Wildman–Crippen MR) is 116 cm³/mol. The molecule has 3 aromatic rings. The maximum absolute atomic E-state index is 13.1. The van der Waals surface area contributed by atoms with E-state index < -0.39 is 0 Å². The lowest BCUT2D eigenvalue weighted by atomic mass is 9.94. The summed E-state index contributed by atoms with van der Waals surface area (Å²) in [4.78, 5) is 39.1. The Hall–Kier alpha value is -3.46. The van der Waals surface area contributed by atoms with Crippen molar-refractivity contribution >= 4 is 40.3 Å². The van der Waals surface area contributed by atoms with E-state index in [1.165, 1.54) is 16.7 Å². The van der Waals surface area contributed by atoms with Gasteiger partial charge in [-0.15, -0.1) is 16.8 Å². The Morgan fingerprint density at radius 1 is 1.13 bits per heavy atom. The maximum atomic E-state index is 13.1. The summed E-state index contributed by atoms with van der Waals surface area (Å²) in [6, 6.07) is 10.8. The van der Waals surface area contributed by atoms with Gasteiger partial charge in [0.2, 0.25) is 0 Å². The van der Waals surface area contributed by atoms with E-state index in [2.05, 4.69) is 16.8 Å². The molecule has 2 amide bonds. The molecule has 1 aliphatic rings. The van der Waals surface area contributed by atoms with Crippen LogP contribution in [0.2, 0.25) is 0 Å². The molecule has 0 saturated heterocycles. The highest BCUT2D eigenvalue weighted by molar-refractivity contribution is 7.99. The van der Waals surface area contributed by atoms with Gasteiger partial charge in [0.15, 0.2) is 11.0 Å². The van der Waals surface area contributed by atoms with Gasteiger partial charge in [-0.05, 0) is 24.4 Å². The molecule has 0 bridgehead atoms. The molecule has 1 aromatic heterocycles. The fourth-order valence-corrected chi connectivity index (χ4v) is 4.31. The number of hydrogen-bond acceptors (Lipinski definition) is 7. The van der Waals surface area contributed by atoms with Crippen LogP contribution in [0.15, 0.2) is 54.2 Å². The molecule has 1 aliphatic heterocycles. The van der Waals surface area contributed by atoms with Crippen molar-refractivity contribution < 1.29 is 19.1 Å². The third-order valence-electron chi connectivity index (χ3n) is 4.88. The van der Waals surface area contributed by atoms with Gasteiger partial charge in [0.1, 0.15) is 0 Å².